The van der Waals surface area contributed by atoms with Crippen LogP contribution in [0.5, 0.6) is 0 Å². The first-order chi connectivity index (χ1) is 19.1. The number of nitrogen functional groups attached to an aromatic ring is 2. The van der Waals surface area contributed by atoms with Crippen molar-refractivity contribution in [2.45, 2.75) is 106 Å². The minimum atomic E-state index is -0.340. The van der Waals surface area contributed by atoms with Crippen molar-refractivity contribution >= 4 is 17.3 Å². The van der Waals surface area contributed by atoms with Gasteiger partial charge < -0.3 is 16.2 Å². The largest absolute Gasteiger partial charge is 0.458 e. The van der Waals surface area contributed by atoms with Gasteiger partial charge in [0.1, 0.15) is 6.10 Å². The van der Waals surface area contributed by atoms with E-state index < -0.39 is 0 Å². The van der Waals surface area contributed by atoms with Gasteiger partial charge in [0.25, 0.3) is 0 Å². The molecule has 5 rings (SSSR count). The van der Waals surface area contributed by atoms with Crippen molar-refractivity contribution in [1.82, 2.24) is 0 Å². The second kappa shape index (κ2) is 10.3. The minimum absolute atomic E-state index is 0.0866. The zero-order valence-corrected chi connectivity index (χ0v) is 26.8. The predicted octanol–water partition coefficient (Wildman–Crippen LogP) is 9.14. The standard InChI is InChI=1S/C37H54N2O2/c1-23(2)10-9-11-24(3)28-14-18-37(8)30-12-13-31-34(4,5)32(41-33(40)25-20-26(38)22-27(39)21-25)16-17-35(31,6)29(30)15-19-36(28,37)7/h9,11-13,20-24,28-29,32H,10,14-19,38-39H2,1-8H3/b11-9+. The molecule has 41 heavy (non-hydrogen) atoms. The Balaban J connectivity index is 1.42. The van der Waals surface area contributed by atoms with Gasteiger partial charge in [-0.2, -0.15) is 0 Å². The maximum Gasteiger partial charge on any atom is 0.338 e. The van der Waals surface area contributed by atoms with Crippen LogP contribution in [0.1, 0.15) is 111 Å². The lowest BCUT2D eigenvalue weighted by atomic mass is 9.43. The summed E-state index contributed by atoms with van der Waals surface area (Å²) >= 11 is 0. The average Bonchev–Trinajstić information content (AvgIpc) is 3.16. The van der Waals surface area contributed by atoms with Gasteiger partial charge in [0.05, 0.1) is 5.56 Å². The van der Waals surface area contributed by atoms with Crippen molar-refractivity contribution in [2.75, 3.05) is 11.5 Å². The zero-order valence-electron chi connectivity index (χ0n) is 26.8. The van der Waals surface area contributed by atoms with E-state index in [1.807, 2.05) is 0 Å². The molecule has 0 heterocycles. The molecule has 3 fully saturated rings. The molecule has 0 spiro atoms. The Labute approximate surface area is 249 Å². The SMILES string of the molecule is CC(C)C/C=C/C(C)C1CCC2(C)C3=CC=C4C(C)(C)C(OC(=O)c5cc(N)cc(N)c5)CCC4(C)C3CCC12C. The van der Waals surface area contributed by atoms with E-state index in [1.54, 1.807) is 23.8 Å². The van der Waals surface area contributed by atoms with Gasteiger partial charge in [-0.3, -0.25) is 0 Å². The Morgan fingerprint density at radius 2 is 1.63 bits per heavy atom. The van der Waals surface area contributed by atoms with E-state index in [4.69, 9.17) is 16.2 Å². The Hall–Kier alpha value is -2.49. The van der Waals surface area contributed by atoms with Crippen molar-refractivity contribution in [3.63, 3.8) is 0 Å². The molecule has 3 saturated carbocycles. The van der Waals surface area contributed by atoms with Gasteiger partial charge >= 0.3 is 5.97 Å². The molecule has 7 unspecified atom stereocenters. The normalized spacial score (nSPS) is 36.7. The van der Waals surface area contributed by atoms with Crippen LogP contribution in [0.4, 0.5) is 11.4 Å². The highest BCUT2D eigenvalue weighted by atomic mass is 16.5. The number of esters is 1. The maximum absolute atomic E-state index is 13.2. The molecule has 1 aromatic rings. The average molecular weight is 559 g/mol. The quantitative estimate of drug-likeness (QED) is 0.207. The van der Waals surface area contributed by atoms with Crippen LogP contribution in [0.15, 0.2) is 53.6 Å². The number of allylic oxidation sites excluding steroid dienone is 5. The van der Waals surface area contributed by atoms with Crippen molar-refractivity contribution < 1.29 is 9.53 Å². The van der Waals surface area contributed by atoms with Crippen molar-refractivity contribution in [2.24, 2.45) is 45.3 Å². The third kappa shape index (κ3) is 4.78. The van der Waals surface area contributed by atoms with Gasteiger partial charge in [0.2, 0.25) is 0 Å². The lowest BCUT2D eigenvalue weighted by Gasteiger charge is -2.61. The van der Waals surface area contributed by atoms with Crippen LogP contribution in [-0.4, -0.2) is 12.1 Å². The summed E-state index contributed by atoms with van der Waals surface area (Å²) in [7, 11) is 0. The number of anilines is 2. The molecule has 4 heteroatoms. The van der Waals surface area contributed by atoms with E-state index in [1.165, 1.54) is 37.7 Å². The smallest absolute Gasteiger partial charge is 0.338 e. The molecular weight excluding hydrogens is 504 g/mol. The van der Waals surface area contributed by atoms with Crippen molar-refractivity contribution in [1.29, 1.82) is 0 Å². The lowest BCUT2D eigenvalue weighted by molar-refractivity contribution is -0.0474. The van der Waals surface area contributed by atoms with E-state index in [-0.39, 0.29) is 28.3 Å². The van der Waals surface area contributed by atoms with E-state index in [0.717, 1.165) is 18.8 Å². The van der Waals surface area contributed by atoms with Gasteiger partial charge in [-0.05, 0) is 103 Å². The molecule has 4 aliphatic rings. The first-order valence-corrected chi connectivity index (χ1v) is 16.1. The van der Waals surface area contributed by atoms with Crippen LogP contribution in [0.25, 0.3) is 0 Å². The minimum Gasteiger partial charge on any atom is -0.458 e. The number of nitrogens with two attached hydrogens (primary N) is 2. The topological polar surface area (TPSA) is 78.3 Å². The molecule has 7 atom stereocenters. The van der Waals surface area contributed by atoms with E-state index in [9.17, 15) is 4.79 Å². The molecular formula is C37H54N2O2. The second-order valence-corrected chi connectivity index (χ2v) is 15.6. The van der Waals surface area contributed by atoms with Gasteiger partial charge in [0.15, 0.2) is 0 Å². The summed E-state index contributed by atoms with van der Waals surface area (Å²) in [6, 6.07) is 4.97. The first-order valence-electron chi connectivity index (χ1n) is 16.1. The molecule has 1 aromatic carbocycles. The van der Waals surface area contributed by atoms with Crippen molar-refractivity contribution in [3.05, 3.63) is 59.2 Å². The molecule has 4 N–H and O–H groups in total. The third-order valence-electron chi connectivity index (χ3n) is 12.4. The highest BCUT2D eigenvalue weighted by Crippen LogP contribution is 2.72. The number of carbonyl (C=O) groups excluding carboxylic acids is 1. The van der Waals surface area contributed by atoms with E-state index in [0.29, 0.717) is 40.1 Å². The van der Waals surface area contributed by atoms with Crippen LogP contribution in [0.2, 0.25) is 0 Å². The van der Waals surface area contributed by atoms with Crippen LogP contribution < -0.4 is 11.5 Å². The molecule has 0 radical (unpaired) electrons. The molecule has 0 amide bonds. The monoisotopic (exact) mass is 558 g/mol. The molecule has 0 aliphatic heterocycles. The predicted molar refractivity (Wildman–Crippen MR) is 171 cm³/mol. The summed E-state index contributed by atoms with van der Waals surface area (Å²) in [5.74, 6) is 2.26. The Morgan fingerprint density at radius 1 is 0.951 bits per heavy atom. The molecule has 4 nitrogen and oxygen atoms in total. The molecule has 4 aliphatic carbocycles. The number of rotatable bonds is 6. The van der Waals surface area contributed by atoms with Crippen LogP contribution >= 0.6 is 0 Å². The highest BCUT2D eigenvalue weighted by molar-refractivity contribution is 5.92. The Morgan fingerprint density at radius 3 is 2.29 bits per heavy atom. The second-order valence-electron chi connectivity index (χ2n) is 15.6. The van der Waals surface area contributed by atoms with Crippen LogP contribution in [0.3, 0.4) is 0 Å². The van der Waals surface area contributed by atoms with Gasteiger partial charge in [-0.1, -0.05) is 90.8 Å². The lowest BCUT2D eigenvalue weighted by Crippen LogP contribution is -2.54. The fourth-order valence-corrected chi connectivity index (χ4v) is 9.86. The summed E-state index contributed by atoms with van der Waals surface area (Å²) in [5, 5.41) is 0. The highest BCUT2D eigenvalue weighted by Gasteiger charge is 2.64. The number of hydrogen-bond acceptors (Lipinski definition) is 4. The van der Waals surface area contributed by atoms with E-state index >= 15 is 0 Å². The van der Waals surface area contributed by atoms with Gasteiger partial charge in [-0.15, -0.1) is 0 Å². The number of fused-ring (bicyclic) bond motifs is 5. The van der Waals surface area contributed by atoms with Crippen LogP contribution in [0, 0.1) is 45.3 Å². The number of benzene rings is 1. The number of carbonyl (C=O) groups is 1. The fraction of sp³-hybridized carbons (Fsp3) is 0.649. The summed E-state index contributed by atoms with van der Waals surface area (Å²) in [4.78, 5) is 13.2. The van der Waals surface area contributed by atoms with Crippen molar-refractivity contribution in [3.8, 4) is 0 Å². The fourth-order valence-electron chi connectivity index (χ4n) is 9.86. The maximum atomic E-state index is 13.2. The Kier molecular flexibility index (Phi) is 7.57. The zero-order chi connectivity index (χ0) is 30.0. The van der Waals surface area contributed by atoms with Gasteiger partial charge in [0, 0.05) is 16.8 Å². The van der Waals surface area contributed by atoms with Crippen LogP contribution in [-0.2, 0) is 4.74 Å². The molecule has 0 saturated heterocycles. The summed E-state index contributed by atoms with van der Waals surface area (Å²) < 4.78 is 6.21. The third-order valence-corrected chi connectivity index (χ3v) is 12.4. The van der Waals surface area contributed by atoms with E-state index in [2.05, 4.69) is 79.7 Å². The Bertz CT molecular complexity index is 1270. The van der Waals surface area contributed by atoms with Gasteiger partial charge in [-0.25, -0.2) is 4.79 Å². The number of ether oxygens (including phenoxy) is 1. The summed E-state index contributed by atoms with van der Waals surface area (Å²) in [6.45, 7) is 19.3. The molecule has 224 valence electrons. The number of hydrogen-bond donors (Lipinski definition) is 2. The summed E-state index contributed by atoms with van der Waals surface area (Å²) in [6.07, 6.45) is 17.9. The molecule has 0 bridgehead atoms. The first kappa shape index (κ1) is 30.0. The summed E-state index contributed by atoms with van der Waals surface area (Å²) in [5.41, 5.74) is 16.8. The molecule has 0 aromatic heterocycles.